The maximum Gasteiger partial charge on any atom is 0.0599 e. The summed E-state index contributed by atoms with van der Waals surface area (Å²) in [6.45, 7) is 5.31. The minimum absolute atomic E-state index is 0.432. The lowest BCUT2D eigenvalue weighted by Gasteiger charge is -2.38. The van der Waals surface area contributed by atoms with Crippen LogP contribution in [0.1, 0.15) is 26.2 Å². The maximum absolute atomic E-state index is 5.74. The Balaban J connectivity index is 2.40. The zero-order valence-electron chi connectivity index (χ0n) is 8.83. The topological polar surface area (TPSA) is 38.5 Å². The Morgan fingerprint density at radius 3 is 2.85 bits per heavy atom. The van der Waals surface area contributed by atoms with E-state index in [0.717, 1.165) is 25.9 Å². The molecule has 1 heterocycles. The van der Waals surface area contributed by atoms with Crippen molar-refractivity contribution in [2.24, 2.45) is 5.73 Å². The molecule has 78 valence electrons. The molecule has 1 aliphatic heterocycles. The van der Waals surface area contributed by atoms with Crippen molar-refractivity contribution in [2.75, 3.05) is 26.7 Å². The molecule has 1 rings (SSSR count). The minimum atomic E-state index is 0.432. The molecule has 0 bridgehead atoms. The molecule has 0 aliphatic carbocycles. The molecule has 0 aromatic heterocycles. The maximum atomic E-state index is 5.74. The van der Waals surface area contributed by atoms with Crippen molar-refractivity contribution in [3.8, 4) is 0 Å². The summed E-state index contributed by atoms with van der Waals surface area (Å²) >= 11 is 0. The van der Waals surface area contributed by atoms with Gasteiger partial charge in [-0.25, -0.2) is 0 Å². The second-order valence-corrected chi connectivity index (χ2v) is 3.81. The number of ether oxygens (including phenoxy) is 1. The van der Waals surface area contributed by atoms with Crippen molar-refractivity contribution in [2.45, 2.75) is 38.3 Å². The van der Waals surface area contributed by atoms with Crippen molar-refractivity contribution in [1.82, 2.24) is 4.90 Å². The summed E-state index contributed by atoms with van der Waals surface area (Å²) in [7, 11) is 1.80. The van der Waals surface area contributed by atoms with Crippen molar-refractivity contribution in [3.05, 3.63) is 0 Å². The van der Waals surface area contributed by atoms with Crippen LogP contribution < -0.4 is 5.73 Å². The van der Waals surface area contributed by atoms with Crippen LogP contribution in [0.15, 0.2) is 0 Å². The van der Waals surface area contributed by atoms with E-state index in [1.165, 1.54) is 13.0 Å². The van der Waals surface area contributed by atoms with Gasteiger partial charge in [-0.05, 0) is 25.8 Å². The van der Waals surface area contributed by atoms with E-state index in [9.17, 15) is 0 Å². The molecular weight excluding hydrogens is 164 g/mol. The third kappa shape index (κ3) is 2.93. The van der Waals surface area contributed by atoms with Crippen molar-refractivity contribution in [1.29, 1.82) is 0 Å². The van der Waals surface area contributed by atoms with Crippen LogP contribution in [-0.4, -0.2) is 43.8 Å². The quantitative estimate of drug-likeness (QED) is 0.707. The Bertz CT molecular complexity index is 141. The second-order valence-electron chi connectivity index (χ2n) is 3.81. The summed E-state index contributed by atoms with van der Waals surface area (Å²) in [6, 6.07) is 0.540. The number of methoxy groups -OCH3 is 1. The number of rotatable bonds is 4. The highest BCUT2D eigenvalue weighted by molar-refractivity contribution is 4.82. The average Bonchev–Trinajstić information content (AvgIpc) is 2.19. The van der Waals surface area contributed by atoms with Crippen molar-refractivity contribution < 1.29 is 4.74 Å². The Morgan fingerprint density at radius 1 is 1.54 bits per heavy atom. The van der Waals surface area contributed by atoms with Crippen LogP contribution in [0.25, 0.3) is 0 Å². The van der Waals surface area contributed by atoms with E-state index in [2.05, 4.69) is 11.8 Å². The monoisotopic (exact) mass is 186 g/mol. The highest BCUT2D eigenvalue weighted by Gasteiger charge is 2.26. The second kappa shape index (κ2) is 5.58. The minimum Gasteiger partial charge on any atom is -0.381 e. The van der Waals surface area contributed by atoms with E-state index in [4.69, 9.17) is 10.5 Å². The number of hydrogen-bond acceptors (Lipinski definition) is 3. The van der Waals surface area contributed by atoms with Crippen LogP contribution in [0.3, 0.4) is 0 Å². The van der Waals surface area contributed by atoms with Gasteiger partial charge in [-0.3, -0.25) is 4.90 Å². The van der Waals surface area contributed by atoms with Gasteiger partial charge in [-0.2, -0.15) is 0 Å². The predicted molar refractivity (Wildman–Crippen MR) is 54.7 cm³/mol. The molecule has 0 spiro atoms. The Morgan fingerprint density at radius 2 is 2.31 bits per heavy atom. The summed E-state index contributed by atoms with van der Waals surface area (Å²) in [5.41, 5.74) is 5.74. The summed E-state index contributed by atoms with van der Waals surface area (Å²) in [5.74, 6) is 0. The van der Waals surface area contributed by atoms with Crippen molar-refractivity contribution in [3.63, 3.8) is 0 Å². The fourth-order valence-corrected chi connectivity index (χ4v) is 2.10. The molecule has 2 unspecified atom stereocenters. The van der Waals surface area contributed by atoms with Gasteiger partial charge in [-0.1, -0.05) is 6.92 Å². The van der Waals surface area contributed by atoms with Gasteiger partial charge in [0, 0.05) is 26.2 Å². The first-order valence-electron chi connectivity index (χ1n) is 5.28. The van der Waals surface area contributed by atoms with Crippen LogP contribution in [0.2, 0.25) is 0 Å². The van der Waals surface area contributed by atoms with Crippen LogP contribution in [0, 0.1) is 0 Å². The van der Waals surface area contributed by atoms with E-state index in [-0.39, 0.29) is 0 Å². The summed E-state index contributed by atoms with van der Waals surface area (Å²) < 4.78 is 5.37. The molecule has 2 N–H and O–H groups in total. The van der Waals surface area contributed by atoms with Crippen molar-refractivity contribution >= 4 is 0 Å². The van der Waals surface area contributed by atoms with Crippen LogP contribution in [0.4, 0.5) is 0 Å². The molecule has 0 aromatic rings. The normalized spacial score (nSPS) is 30.7. The van der Waals surface area contributed by atoms with Crippen LogP contribution >= 0.6 is 0 Å². The fourth-order valence-electron chi connectivity index (χ4n) is 2.10. The number of piperidine rings is 1. The lowest BCUT2D eigenvalue weighted by Crippen LogP contribution is -2.48. The molecule has 0 amide bonds. The third-order valence-corrected chi connectivity index (χ3v) is 2.91. The summed E-state index contributed by atoms with van der Waals surface area (Å²) in [6.07, 6.45) is 3.91. The number of nitrogens with zero attached hydrogens (tertiary/aromatic N) is 1. The Labute approximate surface area is 81.2 Å². The average molecular weight is 186 g/mol. The van der Waals surface area contributed by atoms with Gasteiger partial charge >= 0.3 is 0 Å². The SMILES string of the molecule is CCCN1CCC(OC)CC1CN. The molecule has 0 radical (unpaired) electrons. The smallest absolute Gasteiger partial charge is 0.0599 e. The van der Waals surface area contributed by atoms with Gasteiger partial charge < -0.3 is 10.5 Å². The summed E-state index contributed by atoms with van der Waals surface area (Å²) in [4.78, 5) is 2.50. The first kappa shape index (κ1) is 11.0. The number of hydrogen-bond donors (Lipinski definition) is 1. The highest BCUT2D eigenvalue weighted by Crippen LogP contribution is 2.18. The Hall–Kier alpha value is -0.120. The zero-order chi connectivity index (χ0) is 9.68. The molecular formula is C10H22N2O. The van der Waals surface area contributed by atoms with Gasteiger partial charge in [0.05, 0.1) is 6.10 Å². The molecule has 1 aliphatic rings. The van der Waals surface area contributed by atoms with Gasteiger partial charge in [-0.15, -0.1) is 0 Å². The molecule has 0 saturated carbocycles. The lowest BCUT2D eigenvalue weighted by molar-refractivity contribution is 0.0134. The highest BCUT2D eigenvalue weighted by atomic mass is 16.5. The molecule has 3 heteroatoms. The lowest BCUT2D eigenvalue weighted by atomic mass is 9.99. The molecule has 1 fully saturated rings. The molecule has 0 aromatic carbocycles. The van der Waals surface area contributed by atoms with Gasteiger partial charge in [0.25, 0.3) is 0 Å². The molecule has 3 nitrogen and oxygen atoms in total. The molecule has 1 saturated heterocycles. The van der Waals surface area contributed by atoms with E-state index in [0.29, 0.717) is 12.1 Å². The van der Waals surface area contributed by atoms with Gasteiger partial charge in [0.15, 0.2) is 0 Å². The first-order chi connectivity index (χ1) is 6.31. The van der Waals surface area contributed by atoms with Gasteiger partial charge in [0.1, 0.15) is 0 Å². The number of nitrogens with two attached hydrogens (primary N) is 1. The van der Waals surface area contributed by atoms with E-state index in [1.807, 2.05) is 0 Å². The standard InChI is InChI=1S/C10H22N2O/c1-3-5-12-6-4-10(13-2)7-9(12)8-11/h9-10H,3-8,11H2,1-2H3. The predicted octanol–water partition coefficient (Wildman–Crippen LogP) is 0.835. The third-order valence-electron chi connectivity index (χ3n) is 2.91. The fraction of sp³-hybridized carbons (Fsp3) is 1.00. The summed E-state index contributed by atoms with van der Waals surface area (Å²) in [5, 5.41) is 0. The molecule has 2 atom stereocenters. The zero-order valence-corrected chi connectivity index (χ0v) is 8.83. The largest absolute Gasteiger partial charge is 0.381 e. The van der Waals surface area contributed by atoms with E-state index < -0.39 is 0 Å². The van der Waals surface area contributed by atoms with Gasteiger partial charge in [0.2, 0.25) is 0 Å². The van der Waals surface area contributed by atoms with E-state index in [1.54, 1.807) is 7.11 Å². The number of likely N-dealkylation sites (tertiary alicyclic amines) is 1. The first-order valence-corrected chi connectivity index (χ1v) is 5.28. The van der Waals surface area contributed by atoms with Crippen LogP contribution in [0.5, 0.6) is 0 Å². The molecule has 13 heavy (non-hydrogen) atoms. The van der Waals surface area contributed by atoms with Crippen LogP contribution in [-0.2, 0) is 4.74 Å². The Kier molecular flexibility index (Phi) is 4.70. The van der Waals surface area contributed by atoms with E-state index >= 15 is 0 Å².